The highest BCUT2D eigenvalue weighted by atomic mass is 32.2. The van der Waals surface area contributed by atoms with Crippen molar-refractivity contribution in [2.24, 2.45) is 0 Å². The summed E-state index contributed by atoms with van der Waals surface area (Å²) in [7, 11) is 3.09. The van der Waals surface area contributed by atoms with Gasteiger partial charge in [-0.25, -0.2) is 4.98 Å². The molecule has 0 fully saturated rings. The average Bonchev–Trinajstić information content (AvgIpc) is 2.83. The number of anilines is 1. The van der Waals surface area contributed by atoms with Crippen LogP contribution in [-0.2, 0) is 4.79 Å². The quantitative estimate of drug-likeness (QED) is 0.324. The summed E-state index contributed by atoms with van der Waals surface area (Å²) in [6.07, 6.45) is 0. The number of fused-ring (bicyclic) bond motifs is 1. The van der Waals surface area contributed by atoms with Gasteiger partial charge in [-0.05, 0) is 43.3 Å². The van der Waals surface area contributed by atoms with E-state index in [1.807, 2.05) is 55.5 Å². The maximum atomic E-state index is 13.4. The highest BCUT2D eigenvalue weighted by molar-refractivity contribution is 7.99. The van der Waals surface area contributed by atoms with Crippen LogP contribution in [0.15, 0.2) is 76.7 Å². The number of hydrogen-bond donors (Lipinski definition) is 1. The monoisotopic (exact) mass is 461 g/mol. The molecule has 0 aliphatic rings. The predicted octanol–water partition coefficient (Wildman–Crippen LogP) is 4.44. The number of benzene rings is 3. The maximum Gasteiger partial charge on any atom is 0.266 e. The number of hydrogen-bond acceptors (Lipinski definition) is 6. The van der Waals surface area contributed by atoms with E-state index in [-0.39, 0.29) is 17.2 Å². The zero-order valence-electron chi connectivity index (χ0n) is 18.5. The number of aromatic nitrogens is 2. The van der Waals surface area contributed by atoms with Crippen LogP contribution in [0.3, 0.4) is 0 Å². The Hall–Kier alpha value is -3.78. The van der Waals surface area contributed by atoms with Gasteiger partial charge in [0, 0.05) is 11.8 Å². The molecule has 1 amide bonds. The first-order valence-corrected chi connectivity index (χ1v) is 11.2. The standard InChI is InChI=1S/C25H23N3O4S/c1-16-9-11-20-19(13-16)24(30)28(18-7-5-4-6-8-18)25(27-20)33-15-23(29)26-17-10-12-21(31-2)22(14-17)32-3/h4-14H,15H2,1-3H3,(H,26,29). The van der Waals surface area contributed by atoms with Crippen molar-refractivity contribution in [3.05, 3.63) is 82.6 Å². The SMILES string of the molecule is COc1ccc(NC(=O)CSc2nc3ccc(C)cc3c(=O)n2-c2ccccc2)cc1OC. The molecular formula is C25H23N3O4S. The highest BCUT2D eigenvalue weighted by Gasteiger charge is 2.15. The first-order chi connectivity index (χ1) is 16.0. The largest absolute Gasteiger partial charge is 0.493 e. The number of amides is 1. The Labute approximate surface area is 195 Å². The van der Waals surface area contributed by atoms with Crippen LogP contribution in [0.4, 0.5) is 5.69 Å². The summed E-state index contributed by atoms with van der Waals surface area (Å²) in [5.41, 5.74) is 2.69. The third-order valence-electron chi connectivity index (χ3n) is 5.01. The van der Waals surface area contributed by atoms with E-state index in [4.69, 9.17) is 14.5 Å². The van der Waals surface area contributed by atoms with Crippen molar-refractivity contribution in [3.63, 3.8) is 0 Å². The van der Waals surface area contributed by atoms with Gasteiger partial charge in [0.05, 0.1) is 36.6 Å². The molecule has 1 heterocycles. The third kappa shape index (κ3) is 4.85. The lowest BCUT2D eigenvalue weighted by molar-refractivity contribution is -0.113. The van der Waals surface area contributed by atoms with E-state index in [1.54, 1.807) is 29.9 Å². The summed E-state index contributed by atoms with van der Waals surface area (Å²) in [6, 6.07) is 20.0. The smallest absolute Gasteiger partial charge is 0.266 e. The lowest BCUT2D eigenvalue weighted by Crippen LogP contribution is -2.23. The lowest BCUT2D eigenvalue weighted by Gasteiger charge is -2.14. The number of nitrogens with one attached hydrogen (secondary N) is 1. The molecule has 0 radical (unpaired) electrons. The Bertz CT molecular complexity index is 1370. The summed E-state index contributed by atoms with van der Waals surface area (Å²) < 4.78 is 12.1. The van der Waals surface area contributed by atoms with E-state index in [0.29, 0.717) is 38.9 Å². The summed E-state index contributed by atoms with van der Waals surface area (Å²) in [5, 5.41) is 3.84. The fourth-order valence-electron chi connectivity index (χ4n) is 3.42. The van der Waals surface area contributed by atoms with Crippen LogP contribution < -0.4 is 20.3 Å². The summed E-state index contributed by atoms with van der Waals surface area (Å²) in [4.78, 5) is 30.7. The van der Waals surface area contributed by atoms with Crippen LogP contribution in [0.5, 0.6) is 11.5 Å². The van der Waals surface area contributed by atoms with E-state index >= 15 is 0 Å². The highest BCUT2D eigenvalue weighted by Crippen LogP contribution is 2.30. The first kappa shape index (κ1) is 22.4. The summed E-state index contributed by atoms with van der Waals surface area (Å²) >= 11 is 1.20. The Kier molecular flexibility index (Phi) is 6.65. The van der Waals surface area contributed by atoms with Crippen molar-refractivity contribution < 1.29 is 14.3 Å². The minimum atomic E-state index is -0.231. The lowest BCUT2D eigenvalue weighted by atomic mass is 10.1. The molecule has 0 saturated carbocycles. The molecule has 0 aliphatic heterocycles. The van der Waals surface area contributed by atoms with Crippen molar-refractivity contribution >= 4 is 34.3 Å². The molecule has 7 nitrogen and oxygen atoms in total. The second-order valence-electron chi connectivity index (χ2n) is 7.30. The second-order valence-corrected chi connectivity index (χ2v) is 8.24. The van der Waals surface area contributed by atoms with E-state index < -0.39 is 0 Å². The topological polar surface area (TPSA) is 82.5 Å². The summed E-state index contributed by atoms with van der Waals surface area (Å²) in [5.74, 6) is 0.940. The van der Waals surface area contributed by atoms with E-state index in [0.717, 1.165) is 5.56 Å². The number of thioether (sulfide) groups is 1. The number of ether oxygens (including phenoxy) is 2. The van der Waals surface area contributed by atoms with Gasteiger partial charge in [-0.15, -0.1) is 0 Å². The van der Waals surface area contributed by atoms with Crippen LogP contribution in [-0.4, -0.2) is 35.4 Å². The minimum absolute atomic E-state index is 0.0744. The molecule has 0 aliphatic carbocycles. The molecule has 0 bridgehead atoms. The van der Waals surface area contributed by atoms with E-state index in [2.05, 4.69) is 5.32 Å². The number of nitrogens with zero attached hydrogens (tertiary/aromatic N) is 2. The Morgan fingerprint density at radius 1 is 1.00 bits per heavy atom. The molecule has 33 heavy (non-hydrogen) atoms. The molecule has 0 unspecified atom stereocenters. The molecule has 4 aromatic rings. The van der Waals surface area contributed by atoms with Gasteiger partial charge < -0.3 is 14.8 Å². The number of methoxy groups -OCH3 is 2. The van der Waals surface area contributed by atoms with Crippen LogP contribution >= 0.6 is 11.8 Å². The van der Waals surface area contributed by atoms with Gasteiger partial charge in [0.2, 0.25) is 5.91 Å². The van der Waals surface area contributed by atoms with Crippen LogP contribution in [0.2, 0.25) is 0 Å². The molecule has 168 valence electrons. The number of para-hydroxylation sites is 1. The van der Waals surface area contributed by atoms with Crippen LogP contribution in [0.1, 0.15) is 5.56 Å². The number of carbonyl (C=O) groups excluding carboxylic acids is 1. The van der Waals surface area contributed by atoms with E-state index in [9.17, 15) is 9.59 Å². The number of rotatable bonds is 7. The van der Waals surface area contributed by atoms with E-state index in [1.165, 1.54) is 18.9 Å². The van der Waals surface area contributed by atoms with Gasteiger partial charge in [-0.1, -0.05) is 41.6 Å². The Morgan fingerprint density at radius 3 is 2.48 bits per heavy atom. The number of carbonyl (C=O) groups is 1. The molecule has 0 atom stereocenters. The van der Waals surface area contributed by atoms with Crippen molar-refractivity contribution in [3.8, 4) is 17.2 Å². The maximum absolute atomic E-state index is 13.4. The second kappa shape index (κ2) is 9.79. The Balaban J connectivity index is 1.62. The fraction of sp³-hybridized carbons (Fsp3) is 0.160. The fourth-order valence-corrected chi connectivity index (χ4v) is 4.23. The predicted molar refractivity (Wildman–Crippen MR) is 131 cm³/mol. The van der Waals surface area contributed by atoms with Crippen molar-refractivity contribution in [1.82, 2.24) is 9.55 Å². The van der Waals surface area contributed by atoms with Crippen molar-refractivity contribution in [2.45, 2.75) is 12.1 Å². The summed E-state index contributed by atoms with van der Waals surface area (Å²) in [6.45, 7) is 1.94. The van der Waals surface area contributed by atoms with Gasteiger partial charge in [-0.2, -0.15) is 0 Å². The average molecular weight is 462 g/mol. The molecule has 0 saturated heterocycles. The van der Waals surface area contributed by atoms with Crippen molar-refractivity contribution in [2.75, 3.05) is 25.3 Å². The molecule has 0 spiro atoms. The number of aryl methyl sites for hydroxylation is 1. The molecule has 3 aromatic carbocycles. The zero-order chi connectivity index (χ0) is 23.4. The van der Waals surface area contributed by atoms with Gasteiger partial charge in [0.1, 0.15) is 0 Å². The molecule has 1 N–H and O–H groups in total. The van der Waals surface area contributed by atoms with Gasteiger partial charge >= 0.3 is 0 Å². The van der Waals surface area contributed by atoms with Crippen molar-refractivity contribution in [1.29, 1.82) is 0 Å². The third-order valence-corrected chi connectivity index (χ3v) is 5.95. The Morgan fingerprint density at radius 2 is 1.76 bits per heavy atom. The van der Waals surface area contributed by atoms with Crippen LogP contribution in [0, 0.1) is 6.92 Å². The van der Waals surface area contributed by atoms with Gasteiger partial charge in [0.25, 0.3) is 5.56 Å². The molecule has 1 aromatic heterocycles. The van der Waals surface area contributed by atoms with Gasteiger partial charge in [0.15, 0.2) is 16.7 Å². The minimum Gasteiger partial charge on any atom is -0.493 e. The molecule has 4 rings (SSSR count). The zero-order valence-corrected chi connectivity index (χ0v) is 19.3. The first-order valence-electron chi connectivity index (χ1n) is 10.2. The normalized spacial score (nSPS) is 10.8. The van der Waals surface area contributed by atoms with Gasteiger partial charge in [-0.3, -0.25) is 14.2 Å². The van der Waals surface area contributed by atoms with Crippen LogP contribution in [0.25, 0.3) is 16.6 Å². The molecular weight excluding hydrogens is 438 g/mol. The molecule has 8 heteroatoms.